The summed E-state index contributed by atoms with van der Waals surface area (Å²) in [6, 6.07) is 10.8. The van der Waals surface area contributed by atoms with Gasteiger partial charge in [-0.25, -0.2) is 4.98 Å². The van der Waals surface area contributed by atoms with E-state index in [2.05, 4.69) is 20.1 Å². The van der Waals surface area contributed by atoms with Crippen LogP contribution in [0.2, 0.25) is 0 Å². The number of anilines is 1. The molecule has 4 rings (SSSR count). The number of carbonyl (C=O) groups excluding carboxylic acids is 1. The number of alkyl halides is 3. The Kier molecular flexibility index (Phi) is 6.95. The number of hydrogen-bond donors (Lipinski definition) is 1. The van der Waals surface area contributed by atoms with Gasteiger partial charge in [-0.1, -0.05) is 18.2 Å². The molecule has 2 aliphatic rings. The molecule has 172 valence electrons. The second-order valence-electron chi connectivity index (χ2n) is 8.13. The first-order chi connectivity index (χ1) is 15.4. The lowest BCUT2D eigenvalue weighted by atomic mass is 10.0. The molecule has 1 aromatic heterocycles. The molecule has 2 aliphatic heterocycles. The number of hydrogen-bond acceptors (Lipinski definition) is 5. The summed E-state index contributed by atoms with van der Waals surface area (Å²) >= 11 is 0. The summed E-state index contributed by atoms with van der Waals surface area (Å²) < 4.78 is 44.1. The Morgan fingerprint density at radius 3 is 2.50 bits per heavy atom. The largest absolute Gasteiger partial charge is 0.416 e. The molecule has 0 bridgehead atoms. The summed E-state index contributed by atoms with van der Waals surface area (Å²) in [6.45, 7) is 5.27. The fraction of sp³-hybridized carbons (Fsp3) is 0.478. The van der Waals surface area contributed by atoms with Crippen molar-refractivity contribution in [1.82, 2.24) is 15.2 Å². The third-order valence-electron chi connectivity index (χ3n) is 6.02. The molecule has 3 heterocycles. The Morgan fingerprint density at radius 1 is 1.06 bits per heavy atom. The van der Waals surface area contributed by atoms with Crippen LogP contribution in [-0.2, 0) is 17.5 Å². The van der Waals surface area contributed by atoms with Crippen molar-refractivity contribution in [2.45, 2.75) is 31.6 Å². The number of rotatable bonds is 5. The summed E-state index contributed by atoms with van der Waals surface area (Å²) in [4.78, 5) is 21.7. The Balaban J connectivity index is 1.33. The first-order valence-corrected chi connectivity index (χ1v) is 10.9. The predicted octanol–water partition coefficient (Wildman–Crippen LogP) is 3.33. The number of morpholine rings is 1. The monoisotopic (exact) mass is 448 g/mol. The minimum absolute atomic E-state index is 0.000393. The minimum atomic E-state index is -4.41. The van der Waals surface area contributed by atoms with Gasteiger partial charge in [-0.15, -0.1) is 0 Å². The third-order valence-corrected chi connectivity index (χ3v) is 6.02. The number of nitrogens with one attached hydrogen (secondary N) is 1. The van der Waals surface area contributed by atoms with Gasteiger partial charge in [0.15, 0.2) is 0 Å². The molecule has 2 aromatic rings. The maximum absolute atomic E-state index is 12.9. The highest BCUT2D eigenvalue weighted by molar-refractivity contribution is 5.92. The number of amides is 1. The van der Waals surface area contributed by atoms with E-state index in [-0.39, 0.29) is 12.2 Å². The SMILES string of the molecule is O=C(NCc1cccc(C(F)(F)F)c1)c1cccc(N2CCC(N3CCOCC3)CC2)n1. The maximum atomic E-state index is 12.9. The molecule has 9 heteroatoms. The molecule has 32 heavy (non-hydrogen) atoms. The van der Waals surface area contributed by atoms with E-state index < -0.39 is 17.6 Å². The number of carbonyl (C=O) groups is 1. The van der Waals surface area contributed by atoms with E-state index in [0.29, 0.717) is 11.6 Å². The zero-order valence-electron chi connectivity index (χ0n) is 17.8. The van der Waals surface area contributed by atoms with Gasteiger partial charge < -0.3 is 15.0 Å². The second-order valence-corrected chi connectivity index (χ2v) is 8.13. The normalized spacial score (nSPS) is 18.5. The van der Waals surface area contributed by atoms with Gasteiger partial charge in [0.1, 0.15) is 11.5 Å². The molecule has 0 saturated carbocycles. The van der Waals surface area contributed by atoms with Crippen molar-refractivity contribution in [2.24, 2.45) is 0 Å². The van der Waals surface area contributed by atoms with Gasteiger partial charge in [0.25, 0.3) is 5.91 Å². The molecule has 1 amide bonds. The fourth-order valence-electron chi connectivity index (χ4n) is 4.26. The smallest absolute Gasteiger partial charge is 0.379 e. The highest BCUT2D eigenvalue weighted by Crippen LogP contribution is 2.29. The summed E-state index contributed by atoms with van der Waals surface area (Å²) in [6.07, 6.45) is -2.34. The number of pyridine rings is 1. The number of piperidine rings is 1. The van der Waals surface area contributed by atoms with E-state index in [0.717, 1.165) is 70.2 Å². The van der Waals surface area contributed by atoms with Crippen LogP contribution in [0.5, 0.6) is 0 Å². The molecule has 2 fully saturated rings. The van der Waals surface area contributed by atoms with Crippen LogP contribution in [0.4, 0.5) is 19.0 Å². The van der Waals surface area contributed by atoms with Crippen LogP contribution >= 0.6 is 0 Å². The van der Waals surface area contributed by atoms with Crippen molar-refractivity contribution in [3.63, 3.8) is 0 Å². The van der Waals surface area contributed by atoms with Gasteiger partial charge in [-0.05, 0) is 42.7 Å². The molecule has 0 atom stereocenters. The van der Waals surface area contributed by atoms with Crippen molar-refractivity contribution >= 4 is 11.7 Å². The maximum Gasteiger partial charge on any atom is 0.416 e. The molecular weight excluding hydrogens is 421 g/mol. The quantitative estimate of drug-likeness (QED) is 0.761. The molecule has 0 radical (unpaired) electrons. The van der Waals surface area contributed by atoms with Crippen molar-refractivity contribution in [3.05, 3.63) is 59.3 Å². The number of benzene rings is 1. The van der Waals surface area contributed by atoms with Crippen molar-refractivity contribution < 1.29 is 22.7 Å². The fourth-order valence-corrected chi connectivity index (χ4v) is 4.26. The molecule has 1 aromatic carbocycles. The lowest BCUT2D eigenvalue weighted by molar-refractivity contribution is -0.137. The number of halogens is 3. The topological polar surface area (TPSA) is 57.7 Å². The lowest BCUT2D eigenvalue weighted by Crippen LogP contribution is -2.49. The third kappa shape index (κ3) is 5.58. The zero-order valence-corrected chi connectivity index (χ0v) is 17.8. The van der Waals surface area contributed by atoms with E-state index in [1.54, 1.807) is 18.2 Å². The summed E-state index contributed by atoms with van der Waals surface area (Å²) in [5.74, 6) is 0.338. The van der Waals surface area contributed by atoms with Crippen LogP contribution in [0.15, 0.2) is 42.5 Å². The average molecular weight is 448 g/mol. The molecule has 2 saturated heterocycles. The van der Waals surface area contributed by atoms with Gasteiger partial charge in [-0.2, -0.15) is 13.2 Å². The number of aromatic nitrogens is 1. The standard InChI is InChI=1S/C23H27F3N4O2/c24-23(25,26)18-4-1-3-17(15-18)16-27-22(31)20-5-2-6-21(28-20)30-9-7-19(8-10-30)29-11-13-32-14-12-29/h1-6,15,19H,7-14,16H2,(H,27,31). The first-order valence-electron chi connectivity index (χ1n) is 10.9. The Bertz CT molecular complexity index is 923. The van der Waals surface area contributed by atoms with Crippen LogP contribution in [-0.4, -0.2) is 61.2 Å². The van der Waals surface area contributed by atoms with E-state index >= 15 is 0 Å². The van der Waals surface area contributed by atoms with Crippen LogP contribution in [0.1, 0.15) is 34.5 Å². The van der Waals surface area contributed by atoms with E-state index in [4.69, 9.17) is 4.74 Å². The van der Waals surface area contributed by atoms with Crippen LogP contribution in [0.3, 0.4) is 0 Å². The van der Waals surface area contributed by atoms with E-state index in [9.17, 15) is 18.0 Å². The van der Waals surface area contributed by atoms with Gasteiger partial charge in [0.2, 0.25) is 0 Å². The zero-order chi connectivity index (χ0) is 22.6. The second kappa shape index (κ2) is 9.87. The highest BCUT2D eigenvalue weighted by atomic mass is 19.4. The molecule has 1 N–H and O–H groups in total. The van der Waals surface area contributed by atoms with Gasteiger partial charge in [0.05, 0.1) is 18.8 Å². The average Bonchev–Trinajstić information content (AvgIpc) is 2.83. The van der Waals surface area contributed by atoms with Crippen molar-refractivity contribution in [3.8, 4) is 0 Å². The minimum Gasteiger partial charge on any atom is -0.379 e. The van der Waals surface area contributed by atoms with Crippen LogP contribution < -0.4 is 10.2 Å². The van der Waals surface area contributed by atoms with Gasteiger partial charge in [-0.3, -0.25) is 9.69 Å². The molecule has 0 spiro atoms. The Morgan fingerprint density at radius 2 is 1.78 bits per heavy atom. The summed E-state index contributed by atoms with van der Waals surface area (Å²) in [5.41, 5.74) is -0.0934. The first kappa shape index (κ1) is 22.5. The molecule has 0 unspecified atom stereocenters. The molecular formula is C23H27F3N4O2. The Labute approximate surface area is 185 Å². The summed E-state index contributed by atoms with van der Waals surface area (Å²) in [5, 5.41) is 2.67. The van der Waals surface area contributed by atoms with Crippen molar-refractivity contribution in [1.29, 1.82) is 0 Å². The number of nitrogens with zero attached hydrogens (tertiary/aromatic N) is 3. The highest BCUT2D eigenvalue weighted by Gasteiger charge is 2.30. The van der Waals surface area contributed by atoms with Gasteiger partial charge >= 0.3 is 6.18 Å². The molecule has 6 nitrogen and oxygen atoms in total. The van der Waals surface area contributed by atoms with Crippen LogP contribution in [0.25, 0.3) is 0 Å². The van der Waals surface area contributed by atoms with Crippen LogP contribution in [0, 0.1) is 0 Å². The Hall–Kier alpha value is -2.65. The van der Waals surface area contributed by atoms with Gasteiger partial charge in [0, 0.05) is 38.8 Å². The van der Waals surface area contributed by atoms with E-state index in [1.807, 2.05) is 6.07 Å². The van der Waals surface area contributed by atoms with Crippen molar-refractivity contribution in [2.75, 3.05) is 44.3 Å². The lowest BCUT2D eigenvalue weighted by Gasteiger charge is -2.40. The van der Waals surface area contributed by atoms with E-state index in [1.165, 1.54) is 6.07 Å². The number of ether oxygens (including phenoxy) is 1. The summed E-state index contributed by atoms with van der Waals surface area (Å²) in [7, 11) is 0. The predicted molar refractivity (Wildman–Crippen MR) is 114 cm³/mol. The molecule has 0 aliphatic carbocycles.